The highest BCUT2D eigenvalue weighted by Crippen LogP contribution is 2.27. The lowest BCUT2D eigenvalue weighted by Gasteiger charge is -2.21. The molecule has 1 N–H and O–H groups in total. The molecular weight excluding hydrogens is 262 g/mol. The van der Waals surface area contributed by atoms with Crippen LogP contribution in [-0.2, 0) is 11.3 Å². The third kappa shape index (κ3) is 3.86. The lowest BCUT2D eigenvalue weighted by Crippen LogP contribution is -2.28. The molecule has 2 fully saturated rings. The number of nitrogens with zero attached hydrogens (tertiary/aromatic N) is 2. The first-order chi connectivity index (χ1) is 10.4. The summed E-state index contributed by atoms with van der Waals surface area (Å²) in [6.45, 7) is 5.08. The van der Waals surface area contributed by atoms with E-state index < -0.39 is 0 Å². The average molecular weight is 291 g/mol. The van der Waals surface area contributed by atoms with E-state index >= 15 is 0 Å². The monoisotopic (exact) mass is 291 g/mol. The molecule has 3 rings (SSSR count). The van der Waals surface area contributed by atoms with E-state index in [1.165, 1.54) is 44.2 Å². The minimum absolute atomic E-state index is 0.456. The Balaban J connectivity index is 1.44. The first kappa shape index (κ1) is 15.0. The van der Waals surface area contributed by atoms with Crippen molar-refractivity contribution < 1.29 is 4.74 Å². The highest BCUT2D eigenvalue weighted by Gasteiger charge is 2.26. The van der Waals surface area contributed by atoms with Crippen molar-refractivity contribution in [2.75, 3.05) is 13.2 Å². The van der Waals surface area contributed by atoms with Crippen LogP contribution in [0.2, 0.25) is 0 Å². The van der Waals surface area contributed by atoms with E-state index in [1.54, 1.807) is 0 Å². The van der Waals surface area contributed by atoms with Crippen molar-refractivity contribution >= 4 is 0 Å². The molecule has 2 heterocycles. The zero-order valence-corrected chi connectivity index (χ0v) is 13.3. The van der Waals surface area contributed by atoms with Crippen LogP contribution in [0, 0.1) is 5.92 Å². The summed E-state index contributed by atoms with van der Waals surface area (Å²) in [5.74, 6) is 0.676. The standard InChI is InChI=1S/C17H29N3O/c1-2-17-14(9-11-21-17)12-18-13-15-8-10-20(19-15)16-6-4-3-5-7-16/h8,10,14,16-18H,2-7,9,11-13H2,1H3. The predicted molar refractivity (Wildman–Crippen MR) is 84.2 cm³/mol. The molecule has 1 aromatic rings. The van der Waals surface area contributed by atoms with E-state index in [9.17, 15) is 0 Å². The normalized spacial score (nSPS) is 27.3. The molecule has 1 aliphatic carbocycles. The van der Waals surface area contributed by atoms with Crippen molar-refractivity contribution in [2.45, 2.75) is 70.6 Å². The quantitative estimate of drug-likeness (QED) is 0.874. The smallest absolute Gasteiger partial charge is 0.0762 e. The van der Waals surface area contributed by atoms with E-state index in [0.717, 1.165) is 26.1 Å². The summed E-state index contributed by atoms with van der Waals surface area (Å²) in [7, 11) is 0. The minimum Gasteiger partial charge on any atom is -0.378 e. The zero-order valence-electron chi connectivity index (χ0n) is 13.3. The maximum atomic E-state index is 5.74. The van der Waals surface area contributed by atoms with Gasteiger partial charge in [0.15, 0.2) is 0 Å². The number of hydrogen-bond donors (Lipinski definition) is 1. The molecule has 4 nitrogen and oxygen atoms in total. The molecule has 0 bridgehead atoms. The van der Waals surface area contributed by atoms with E-state index in [4.69, 9.17) is 9.84 Å². The highest BCUT2D eigenvalue weighted by molar-refractivity contribution is 5.00. The molecule has 2 aliphatic rings. The Morgan fingerprint density at radius 2 is 2.14 bits per heavy atom. The Bertz CT molecular complexity index is 425. The van der Waals surface area contributed by atoms with Gasteiger partial charge in [0.2, 0.25) is 0 Å². The molecule has 2 unspecified atom stereocenters. The minimum atomic E-state index is 0.456. The van der Waals surface area contributed by atoms with Crippen LogP contribution in [0.25, 0.3) is 0 Å². The summed E-state index contributed by atoms with van der Waals surface area (Å²) in [4.78, 5) is 0. The van der Waals surface area contributed by atoms with Gasteiger partial charge < -0.3 is 10.1 Å². The largest absolute Gasteiger partial charge is 0.378 e. The van der Waals surface area contributed by atoms with E-state index in [-0.39, 0.29) is 0 Å². The topological polar surface area (TPSA) is 39.1 Å². The first-order valence-electron chi connectivity index (χ1n) is 8.73. The van der Waals surface area contributed by atoms with Crippen molar-refractivity contribution in [3.63, 3.8) is 0 Å². The Labute approximate surface area is 128 Å². The zero-order chi connectivity index (χ0) is 14.5. The van der Waals surface area contributed by atoms with Gasteiger partial charge >= 0.3 is 0 Å². The summed E-state index contributed by atoms with van der Waals surface area (Å²) in [6.07, 6.45) is 11.7. The van der Waals surface area contributed by atoms with E-state index in [1.807, 2.05) is 0 Å². The van der Waals surface area contributed by atoms with E-state index in [0.29, 0.717) is 18.1 Å². The molecular formula is C17H29N3O. The van der Waals surface area contributed by atoms with Crippen molar-refractivity contribution in [1.82, 2.24) is 15.1 Å². The van der Waals surface area contributed by atoms with Gasteiger partial charge in [-0.05, 0) is 37.7 Å². The maximum absolute atomic E-state index is 5.74. The lowest BCUT2D eigenvalue weighted by atomic mass is 9.96. The predicted octanol–water partition coefficient (Wildman–Crippen LogP) is 3.29. The Kier molecular flexibility index (Phi) is 5.31. The Morgan fingerprint density at radius 1 is 1.29 bits per heavy atom. The molecule has 2 atom stereocenters. The fraction of sp³-hybridized carbons (Fsp3) is 0.824. The van der Waals surface area contributed by atoms with Crippen LogP contribution < -0.4 is 5.32 Å². The first-order valence-corrected chi connectivity index (χ1v) is 8.73. The molecule has 1 aliphatic heterocycles. The molecule has 4 heteroatoms. The number of hydrogen-bond acceptors (Lipinski definition) is 3. The Morgan fingerprint density at radius 3 is 2.95 bits per heavy atom. The molecule has 1 saturated heterocycles. The van der Waals surface area contributed by atoms with Gasteiger partial charge in [0.05, 0.1) is 17.8 Å². The van der Waals surface area contributed by atoms with Gasteiger partial charge in [0.25, 0.3) is 0 Å². The molecule has 118 valence electrons. The molecule has 0 radical (unpaired) electrons. The molecule has 0 spiro atoms. The van der Waals surface area contributed by atoms with Gasteiger partial charge in [0, 0.05) is 25.9 Å². The van der Waals surface area contributed by atoms with Crippen LogP contribution >= 0.6 is 0 Å². The van der Waals surface area contributed by atoms with Gasteiger partial charge in [-0.1, -0.05) is 26.2 Å². The third-order valence-electron chi connectivity index (χ3n) is 5.07. The fourth-order valence-corrected chi connectivity index (χ4v) is 3.78. The van der Waals surface area contributed by atoms with Crippen LogP contribution in [0.3, 0.4) is 0 Å². The summed E-state index contributed by atoms with van der Waals surface area (Å²) < 4.78 is 7.94. The van der Waals surface area contributed by atoms with E-state index in [2.05, 4.69) is 29.2 Å². The molecule has 0 aromatic carbocycles. The fourth-order valence-electron chi connectivity index (χ4n) is 3.78. The second kappa shape index (κ2) is 7.41. The van der Waals surface area contributed by atoms with Gasteiger partial charge in [-0.15, -0.1) is 0 Å². The van der Waals surface area contributed by atoms with Crippen LogP contribution in [0.5, 0.6) is 0 Å². The van der Waals surface area contributed by atoms with Crippen molar-refractivity contribution in [3.05, 3.63) is 18.0 Å². The Hall–Kier alpha value is -0.870. The van der Waals surface area contributed by atoms with Gasteiger partial charge in [0.1, 0.15) is 0 Å². The summed E-state index contributed by atoms with van der Waals surface area (Å²) >= 11 is 0. The van der Waals surface area contributed by atoms with Gasteiger partial charge in [-0.3, -0.25) is 4.68 Å². The van der Waals surface area contributed by atoms with Crippen LogP contribution in [-0.4, -0.2) is 29.0 Å². The SMILES string of the molecule is CCC1OCCC1CNCc1ccn(C2CCCCC2)n1. The second-order valence-corrected chi connectivity index (χ2v) is 6.58. The summed E-state index contributed by atoms with van der Waals surface area (Å²) in [6, 6.07) is 2.81. The molecule has 0 amide bonds. The van der Waals surface area contributed by atoms with Crippen LogP contribution in [0.1, 0.15) is 63.6 Å². The third-order valence-corrected chi connectivity index (χ3v) is 5.07. The van der Waals surface area contributed by atoms with Crippen molar-refractivity contribution in [1.29, 1.82) is 0 Å². The highest BCUT2D eigenvalue weighted by atomic mass is 16.5. The second-order valence-electron chi connectivity index (χ2n) is 6.58. The number of aromatic nitrogens is 2. The lowest BCUT2D eigenvalue weighted by molar-refractivity contribution is 0.0872. The van der Waals surface area contributed by atoms with Crippen LogP contribution in [0.15, 0.2) is 12.3 Å². The molecule has 1 saturated carbocycles. The van der Waals surface area contributed by atoms with Crippen LogP contribution in [0.4, 0.5) is 0 Å². The average Bonchev–Trinajstić information content (AvgIpc) is 3.17. The number of rotatable bonds is 6. The summed E-state index contributed by atoms with van der Waals surface area (Å²) in [5.41, 5.74) is 1.17. The van der Waals surface area contributed by atoms with Crippen molar-refractivity contribution in [2.24, 2.45) is 5.92 Å². The molecule has 1 aromatic heterocycles. The summed E-state index contributed by atoms with van der Waals surface area (Å²) in [5, 5.41) is 8.33. The van der Waals surface area contributed by atoms with Gasteiger partial charge in [-0.2, -0.15) is 5.10 Å². The van der Waals surface area contributed by atoms with Crippen molar-refractivity contribution in [3.8, 4) is 0 Å². The maximum Gasteiger partial charge on any atom is 0.0762 e. The molecule has 21 heavy (non-hydrogen) atoms. The number of nitrogens with one attached hydrogen (secondary N) is 1. The number of ether oxygens (including phenoxy) is 1. The van der Waals surface area contributed by atoms with Gasteiger partial charge in [-0.25, -0.2) is 0 Å².